The van der Waals surface area contributed by atoms with Crippen molar-refractivity contribution >= 4 is 28.6 Å². The fourth-order valence-corrected chi connectivity index (χ4v) is 3.33. The average Bonchev–Trinajstić information content (AvgIpc) is 2.64. The van der Waals surface area contributed by atoms with Crippen molar-refractivity contribution in [2.75, 3.05) is 12.3 Å². The van der Waals surface area contributed by atoms with Gasteiger partial charge in [0.1, 0.15) is 5.82 Å². The van der Waals surface area contributed by atoms with Crippen LogP contribution >= 0.6 is 11.8 Å². The number of nitrogens with one attached hydrogen (secondary N) is 1. The zero-order chi connectivity index (χ0) is 18.5. The molecule has 2 aromatic heterocycles. The second-order valence-electron chi connectivity index (χ2n) is 5.88. The highest BCUT2D eigenvalue weighted by molar-refractivity contribution is 7.99. The number of carbonyl (C=O) groups excluding carboxylic acids is 1. The number of aromatic nitrogens is 3. The van der Waals surface area contributed by atoms with Crippen LogP contribution in [0.5, 0.6) is 0 Å². The molecule has 0 atom stereocenters. The SMILES string of the molecule is CCCNC(=O)CSc1nc2ccccc2c(=O)n1-c1cc(C)ccn1. The number of fused-ring (bicyclic) bond motifs is 1. The van der Waals surface area contributed by atoms with E-state index in [1.54, 1.807) is 18.3 Å². The molecule has 0 fully saturated rings. The molecular formula is C19H20N4O2S. The molecule has 0 aliphatic rings. The third-order valence-corrected chi connectivity index (χ3v) is 4.72. The maximum absolute atomic E-state index is 13.0. The van der Waals surface area contributed by atoms with Gasteiger partial charge in [0.05, 0.1) is 16.7 Å². The molecule has 0 radical (unpaired) electrons. The van der Waals surface area contributed by atoms with Gasteiger partial charge in [0.25, 0.3) is 5.56 Å². The van der Waals surface area contributed by atoms with Crippen LogP contribution < -0.4 is 10.9 Å². The van der Waals surface area contributed by atoms with E-state index in [9.17, 15) is 9.59 Å². The van der Waals surface area contributed by atoms with E-state index >= 15 is 0 Å². The maximum atomic E-state index is 13.0. The lowest BCUT2D eigenvalue weighted by molar-refractivity contribution is -0.118. The monoisotopic (exact) mass is 368 g/mol. The predicted molar refractivity (Wildman–Crippen MR) is 104 cm³/mol. The first-order chi connectivity index (χ1) is 12.6. The van der Waals surface area contributed by atoms with E-state index in [0.29, 0.717) is 28.4 Å². The van der Waals surface area contributed by atoms with Crippen LogP contribution in [0.4, 0.5) is 0 Å². The van der Waals surface area contributed by atoms with Crippen molar-refractivity contribution in [1.82, 2.24) is 19.9 Å². The Labute approximate surface area is 155 Å². The number of hydrogen-bond donors (Lipinski definition) is 1. The first kappa shape index (κ1) is 18.1. The molecule has 3 aromatic rings. The normalized spacial score (nSPS) is 10.8. The zero-order valence-corrected chi connectivity index (χ0v) is 15.5. The minimum Gasteiger partial charge on any atom is -0.355 e. The van der Waals surface area contributed by atoms with Gasteiger partial charge in [0.2, 0.25) is 5.91 Å². The van der Waals surface area contributed by atoms with Gasteiger partial charge in [-0.25, -0.2) is 14.5 Å². The van der Waals surface area contributed by atoms with Crippen LogP contribution in [0, 0.1) is 6.92 Å². The Kier molecular flexibility index (Phi) is 5.68. The topological polar surface area (TPSA) is 76.9 Å². The van der Waals surface area contributed by atoms with E-state index in [0.717, 1.165) is 12.0 Å². The van der Waals surface area contributed by atoms with E-state index in [1.165, 1.54) is 16.3 Å². The molecule has 1 aromatic carbocycles. The number of nitrogens with zero attached hydrogens (tertiary/aromatic N) is 3. The van der Waals surface area contributed by atoms with Crippen molar-refractivity contribution in [3.05, 3.63) is 58.5 Å². The smallest absolute Gasteiger partial charge is 0.267 e. The molecule has 1 N–H and O–H groups in total. The summed E-state index contributed by atoms with van der Waals surface area (Å²) in [5.74, 6) is 0.615. The molecule has 0 unspecified atom stereocenters. The highest BCUT2D eigenvalue weighted by Gasteiger charge is 2.15. The highest BCUT2D eigenvalue weighted by atomic mass is 32.2. The van der Waals surface area contributed by atoms with Gasteiger partial charge in [-0.05, 0) is 43.2 Å². The van der Waals surface area contributed by atoms with Crippen LogP contribution in [0.15, 0.2) is 52.5 Å². The van der Waals surface area contributed by atoms with Gasteiger partial charge in [0.15, 0.2) is 5.16 Å². The minimum atomic E-state index is -0.190. The van der Waals surface area contributed by atoms with Crippen molar-refractivity contribution in [3.8, 4) is 5.82 Å². The summed E-state index contributed by atoms with van der Waals surface area (Å²) in [4.78, 5) is 33.9. The average molecular weight is 368 g/mol. The minimum absolute atomic E-state index is 0.0805. The van der Waals surface area contributed by atoms with Gasteiger partial charge >= 0.3 is 0 Å². The fourth-order valence-electron chi connectivity index (χ4n) is 2.50. The van der Waals surface area contributed by atoms with Crippen LogP contribution in [0.25, 0.3) is 16.7 Å². The van der Waals surface area contributed by atoms with Gasteiger partial charge < -0.3 is 5.32 Å². The third-order valence-electron chi connectivity index (χ3n) is 3.78. The number of para-hydroxylation sites is 1. The number of hydrogen-bond acceptors (Lipinski definition) is 5. The molecule has 0 aliphatic heterocycles. The summed E-state index contributed by atoms with van der Waals surface area (Å²) in [5.41, 5.74) is 1.41. The number of thioether (sulfide) groups is 1. The lowest BCUT2D eigenvalue weighted by atomic mass is 10.2. The number of aryl methyl sites for hydroxylation is 1. The largest absolute Gasteiger partial charge is 0.355 e. The molecule has 0 saturated carbocycles. The molecule has 3 rings (SSSR count). The van der Waals surface area contributed by atoms with Crippen LogP contribution in [-0.2, 0) is 4.79 Å². The first-order valence-corrected chi connectivity index (χ1v) is 9.43. The Bertz CT molecular complexity index is 1000. The van der Waals surface area contributed by atoms with Crippen molar-refractivity contribution in [2.45, 2.75) is 25.4 Å². The molecule has 2 heterocycles. The van der Waals surface area contributed by atoms with Crippen LogP contribution in [0.2, 0.25) is 0 Å². The predicted octanol–water partition coefficient (Wildman–Crippen LogP) is 2.71. The molecule has 0 saturated heterocycles. The Morgan fingerprint density at radius 1 is 1.27 bits per heavy atom. The lowest BCUT2D eigenvalue weighted by Crippen LogP contribution is -2.27. The molecular weight excluding hydrogens is 348 g/mol. The molecule has 1 amide bonds. The summed E-state index contributed by atoms with van der Waals surface area (Å²) < 4.78 is 1.48. The molecule has 7 heteroatoms. The van der Waals surface area contributed by atoms with Gasteiger partial charge in [-0.15, -0.1) is 0 Å². The van der Waals surface area contributed by atoms with Gasteiger partial charge in [0, 0.05) is 12.7 Å². The summed E-state index contributed by atoms with van der Waals surface area (Å²) in [6, 6.07) is 10.9. The van der Waals surface area contributed by atoms with Crippen molar-refractivity contribution in [2.24, 2.45) is 0 Å². The summed E-state index contributed by atoms with van der Waals surface area (Å²) in [5, 5.41) is 3.81. The van der Waals surface area contributed by atoms with Gasteiger partial charge in [-0.1, -0.05) is 30.8 Å². The fraction of sp³-hybridized carbons (Fsp3) is 0.263. The second kappa shape index (κ2) is 8.14. The van der Waals surface area contributed by atoms with Crippen LogP contribution in [-0.4, -0.2) is 32.7 Å². The van der Waals surface area contributed by atoms with E-state index in [-0.39, 0.29) is 17.2 Å². The van der Waals surface area contributed by atoms with Crippen molar-refractivity contribution in [3.63, 3.8) is 0 Å². The Balaban J connectivity index is 2.06. The molecule has 0 bridgehead atoms. The zero-order valence-electron chi connectivity index (χ0n) is 14.7. The number of rotatable bonds is 6. The first-order valence-electron chi connectivity index (χ1n) is 8.44. The number of amides is 1. The van der Waals surface area contributed by atoms with E-state index in [1.807, 2.05) is 38.1 Å². The quantitative estimate of drug-likeness (QED) is 0.535. The number of pyridine rings is 1. The Morgan fingerprint density at radius 3 is 2.85 bits per heavy atom. The van der Waals surface area contributed by atoms with E-state index in [2.05, 4.69) is 15.3 Å². The third kappa shape index (κ3) is 3.94. The molecule has 0 aliphatic carbocycles. The Morgan fingerprint density at radius 2 is 2.08 bits per heavy atom. The van der Waals surface area contributed by atoms with Crippen LogP contribution in [0.3, 0.4) is 0 Å². The summed E-state index contributed by atoms with van der Waals surface area (Å²) in [6.07, 6.45) is 2.54. The second-order valence-corrected chi connectivity index (χ2v) is 6.82. The van der Waals surface area contributed by atoms with Crippen molar-refractivity contribution < 1.29 is 4.79 Å². The van der Waals surface area contributed by atoms with Crippen LogP contribution in [0.1, 0.15) is 18.9 Å². The summed E-state index contributed by atoms with van der Waals surface area (Å²) >= 11 is 1.24. The summed E-state index contributed by atoms with van der Waals surface area (Å²) in [6.45, 7) is 4.58. The molecule has 6 nitrogen and oxygen atoms in total. The molecule has 0 spiro atoms. The number of benzene rings is 1. The molecule has 26 heavy (non-hydrogen) atoms. The van der Waals surface area contributed by atoms with Gasteiger partial charge in [-0.3, -0.25) is 9.59 Å². The van der Waals surface area contributed by atoms with Gasteiger partial charge in [-0.2, -0.15) is 0 Å². The highest BCUT2D eigenvalue weighted by Crippen LogP contribution is 2.20. The lowest BCUT2D eigenvalue weighted by Gasteiger charge is -2.12. The Hall–Kier alpha value is -2.67. The molecule has 134 valence electrons. The number of carbonyl (C=O) groups is 1. The van der Waals surface area contributed by atoms with E-state index < -0.39 is 0 Å². The van der Waals surface area contributed by atoms with E-state index in [4.69, 9.17) is 0 Å². The summed E-state index contributed by atoms with van der Waals surface area (Å²) in [7, 11) is 0. The maximum Gasteiger partial charge on any atom is 0.267 e. The van der Waals surface area contributed by atoms with Crippen molar-refractivity contribution in [1.29, 1.82) is 0 Å². The standard InChI is InChI=1S/C19H20N4O2S/c1-3-9-21-17(24)12-26-19-22-15-7-5-4-6-14(15)18(25)23(19)16-11-13(2)8-10-20-16/h4-8,10-11H,3,9,12H2,1-2H3,(H,21,24).